The van der Waals surface area contributed by atoms with Crippen molar-refractivity contribution in [1.29, 1.82) is 0 Å². The lowest BCUT2D eigenvalue weighted by atomic mass is 10.3. The van der Waals surface area contributed by atoms with Gasteiger partial charge in [0.05, 0.1) is 12.2 Å². The molecule has 13 heteroatoms. The quantitative estimate of drug-likeness (QED) is 0.618. The zero-order valence-corrected chi connectivity index (χ0v) is 16.2. The normalized spacial score (nSPS) is 11.5. The predicted octanol–water partition coefficient (Wildman–Crippen LogP) is 1.61. The third-order valence-corrected chi connectivity index (χ3v) is 4.84. The molecule has 0 saturated heterocycles. The molecule has 1 aromatic heterocycles. The van der Waals surface area contributed by atoms with Crippen molar-refractivity contribution in [2.45, 2.75) is 17.5 Å². The third kappa shape index (κ3) is 5.37. The molecule has 0 spiro atoms. The smallest absolute Gasteiger partial charge is 0.490 e. The van der Waals surface area contributed by atoms with Gasteiger partial charge in [-0.3, -0.25) is 20.4 Å². The summed E-state index contributed by atoms with van der Waals surface area (Å²) in [4.78, 5) is 27.1. The highest BCUT2D eigenvalue weighted by Gasteiger charge is 2.49. The molecule has 2 N–H and O–H groups in total. The summed E-state index contributed by atoms with van der Waals surface area (Å²) in [5.41, 5.74) is -2.81. The van der Waals surface area contributed by atoms with E-state index in [4.69, 9.17) is 9.47 Å². The number of sulfone groups is 1. The molecule has 1 aromatic carbocycles. The molecule has 2 amide bonds. The molecule has 162 valence electrons. The lowest BCUT2D eigenvalue weighted by molar-refractivity contribution is -0.123. The maximum atomic E-state index is 12.8. The first-order valence-corrected chi connectivity index (χ1v) is 9.76. The highest BCUT2D eigenvalue weighted by molar-refractivity contribution is 7.92. The summed E-state index contributed by atoms with van der Waals surface area (Å²) < 4.78 is 72.0. The van der Waals surface area contributed by atoms with Crippen LogP contribution in [0.2, 0.25) is 0 Å². The summed E-state index contributed by atoms with van der Waals surface area (Å²) in [7, 11) is -5.87. The van der Waals surface area contributed by atoms with E-state index in [1.165, 1.54) is 0 Å². The first-order valence-electron chi connectivity index (χ1n) is 8.28. The van der Waals surface area contributed by atoms with Crippen LogP contribution in [0.3, 0.4) is 0 Å². The van der Waals surface area contributed by atoms with E-state index in [1.54, 1.807) is 31.2 Å². The van der Waals surface area contributed by atoms with E-state index in [9.17, 15) is 31.2 Å². The van der Waals surface area contributed by atoms with E-state index >= 15 is 0 Å². The molecular weight excluding hydrogens is 431 g/mol. The number of hydrazine groups is 1. The number of carbonyl (C=O) groups excluding carboxylic acids is 2. The number of pyridine rings is 1. The van der Waals surface area contributed by atoms with Crippen LogP contribution in [0.1, 0.15) is 17.3 Å². The van der Waals surface area contributed by atoms with Gasteiger partial charge in [0.2, 0.25) is 0 Å². The standard InChI is InChI=1S/C17H16F3N3O6S/c1-2-28-12-7-3-4-8-13(12)29-10-14(24)22-23-15(25)11-6-5-9-21-16(11)30(26,27)17(18,19)20/h3-9H,2,10H2,1H3,(H,22,24)(H,23,25). The first kappa shape index (κ1) is 22.9. The maximum Gasteiger partial charge on any atom is 0.503 e. The second-order valence-electron chi connectivity index (χ2n) is 5.48. The number of benzene rings is 1. The third-order valence-electron chi connectivity index (χ3n) is 3.40. The highest BCUT2D eigenvalue weighted by Crippen LogP contribution is 2.30. The highest BCUT2D eigenvalue weighted by atomic mass is 32.2. The zero-order valence-electron chi connectivity index (χ0n) is 15.4. The Morgan fingerprint density at radius 2 is 1.67 bits per heavy atom. The molecule has 9 nitrogen and oxygen atoms in total. The molecule has 0 saturated carbocycles. The van der Waals surface area contributed by atoms with Crippen LogP contribution in [-0.2, 0) is 14.6 Å². The van der Waals surface area contributed by atoms with Gasteiger partial charge in [-0.15, -0.1) is 0 Å². The number of ether oxygens (including phenoxy) is 2. The minimum Gasteiger partial charge on any atom is -0.490 e. The van der Waals surface area contributed by atoms with Crippen molar-refractivity contribution >= 4 is 21.7 Å². The summed E-state index contributed by atoms with van der Waals surface area (Å²) in [5, 5.41) is -1.48. The molecule has 2 rings (SSSR count). The van der Waals surface area contributed by atoms with Crippen molar-refractivity contribution in [3.8, 4) is 11.5 Å². The molecule has 0 fully saturated rings. The summed E-state index contributed by atoms with van der Waals surface area (Å²) in [5.74, 6) is -1.53. The largest absolute Gasteiger partial charge is 0.503 e. The van der Waals surface area contributed by atoms with Gasteiger partial charge in [0.15, 0.2) is 23.1 Å². The Morgan fingerprint density at radius 3 is 2.27 bits per heavy atom. The van der Waals surface area contributed by atoms with Crippen LogP contribution in [0, 0.1) is 0 Å². The van der Waals surface area contributed by atoms with Gasteiger partial charge in [0.25, 0.3) is 21.7 Å². The monoisotopic (exact) mass is 447 g/mol. The minimum atomic E-state index is -5.87. The van der Waals surface area contributed by atoms with Gasteiger partial charge in [0.1, 0.15) is 0 Å². The van der Waals surface area contributed by atoms with Gasteiger partial charge in [-0.05, 0) is 31.2 Å². The Kier molecular flexibility index (Phi) is 7.21. The van der Waals surface area contributed by atoms with Crippen molar-refractivity contribution in [2.75, 3.05) is 13.2 Å². The van der Waals surface area contributed by atoms with E-state index in [-0.39, 0.29) is 5.75 Å². The minimum absolute atomic E-state index is 0.256. The second kappa shape index (κ2) is 9.43. The Hall–Kier alpha value is -3.35. The van der Waals surface area contributed by atoms with E-state index in [2.05, 4.69) is 4.98 Å². The Balaban J connectivity index is 2.03. The predicted molar refractivity (Wildman–Crippen MR) is 96.2 cm³/mol. The average Bonchev–Trinajstić information content (AvgIpc) is 2.70. The van der Waals surface area contributed by atoms with E-state index in [0.717, 1.165) is 18.3 Å². The van der Waals surface area contributed by atoms with Crippen molar-refractivity contribution in [3.63, 3.8) is 0 Å². The molecule has 0 radical (unpaired) electrons. The molecule has 0 aliphatic heterocycles. The lowest BCUT2D eigenvalue weighted by Crippen LogP contribution is -2.44. The molecule has 2 aromatic rings. The van der Waals surface area contributed by atoms with Gasteiger partial charge < -0.3 is 9.47 Å². The van der Waals surface area contributed by atoms with Crippen LogP contribution in [0.5, 0.6) is 11.5 Å². The van der Waals surface area contributed by atoms with E-state index < -0.39 is 44.4 Å². The maximum absolute atomic E-state index is 12.8. The Labute approximate surface area is 169 Å². The second-order valence-corrected chi connectivity index (χ2v) is 7.33. The number of carbonyl (C=O) groups is 2. The fourth-order valence-corrected chi connectivity index (χ4v) is 2.97. The summed E-state index contributed by atoms with van der Waals surface area (Å²) in [6.07, 6.45) is 0.789. The molecule has 0 aliphatic carbocycles. The van der Waals surface area contributed by atoms with E-state index in [1.807, 2.05) is 10.9 Å². The SMILES string of the molecule is CCOc1ccccc1OCC(=O)NNC(=O)c1cccnc1S(=O)(=O)C(F)(F)F. The number of aromatic nitrogens is 1. The summed E-state index contributed by atoms with van der Waals surface area (Å²) >= 11 is 0. The van der Waals surface area contributed by atoms with Gasteiger partial charge in [-0.25, -0.2) is 13.4 Å². The molecule has 1 heterocycles. The molecule has 0 atom stereocenters. The van der Waals surface area contributed by atoms with Crippen molar-refractivity contribution in [1.82, 2.24) is 15.8 Å². The fraction of sp³-hybridized carbons (Fsp3) is 0.235. The number of hydrogen-bond acceptors (Lipinski definition) is 7. The number of hydrogen-bond donors (Lipinski definition) is 2. The van der Waals surface area contributed by atoms with Crippen LogP contribution < -0.4 is 20.3 Å². The molecule has 0 aliphatic rings. The molecular formula is C17H16F3N3O6S. The number of rotatable bonds is 7. The van der Waals surface area contributed by atoms with Gasteiger partial charge in [-0.1, -0.05) is 12.1 Å². The molecule has 0 bridgehead atoms. The fourth-order valence-electron chi connectivity index (χ4n) is 2.10. The van der Waals surface area contributed by atoms with Crippen LogP contribution in [0.4, 0.5) is 13.2 Å². The van der Waals surface area contributed by atoms with Crippen LogP contribution in [-0.4, -0.2) is 43.9 Å². The first-order chi connectivity index (χ1) is 14.1. The van der Waals surface area contributed by atoms with Gasteiger partial charge in [-0.2, -0.15) is 13.2 Å². The van der Waals surface area contributed by atoms with Crippen LogP contribution in [0.25, 0.3) is 0 Å². The average molecular weight is 447 g/mol. The Morgan fingerprint density at radius 1 is 1.03 bits per heavy atom. The van der Waals surface area contributed by atoms with Gasteiger partial charge >= 0.3 is 5.51 Å². The number of halogens is 3. The van der Waals surface area contributed by atoms with Crippen molar-refractivity contribution in [2.24, 2.45) is 0 Å². The van der Waals surface area contributed by atoms with Crippen LogP contribution >= 0.6 is 0 Å². The summed E-state index contributed by atoms with van der Waals surface area (Å²) in [6.45, 7) is 1.55. The van der Waals surface area contributed by atoms with Crippen LogP contribution in [0.15, 0.2) is 47.6 Å². The number of amides is 2. The number of para-hydroxylation sites is 2. The summed E-state index contributed by atoms with van der Waals surface area (Å²) in [6, 6.07) is 8.38. The van der Waals surface area contributed by atoms with Gasteiger partial charge in [0, 0.05) is 6.20 Å². The van der Waals surface area contributed by atoms with E-state index in [0.29, 0.717) is 12.4 Å². The van der Waals surface area contributed by atoms with Crippen molar-refractivity contribution < 1.29 is 40.7 Å². The lowest BCUT2D eigenvalue weighted by Gasteiger charge is -2.13. The zero-order chi connectivity index (χ0) is 22.4. The number of alkyl halides is 3. The topological polar surface area (TPSA) is 124 Å². The molecule has 30 heavy (non-hydrogen) atoms. The number of nitrogens with zero attached hydrogens (tertiary/aromatic N) is 1. The Bertz CT molecular complexity index is 1030. The molecule has 0 unspecified atom stereocenters. The number of nitrogens with one attached hydrogen (secondary N) is 2. The van der Waals surface area contributed by atoms with Crippen molar-refractivity contribution in [3.05, 3.63) is 48.2 Å².